The number of rotatable bonds is 2. The van der Waals surface area contributed by atoms with Crippen LogP contribution in [-0.2, 0) is 0 Å². The van der Waals surface area contributed by atoms with Crippen LogP contribution in [0.1, 0.15) is 18.9 Å². The Kier molecular flexibility index (Phi) is 3.17. The number of nitriles is 1. The molecule has 3 nitrogen and oxygen atoms in total. The van der Waals surface area contributed by atoms with E-state index in [0.717, 1.165) is 28.6 Å². The predicted molar refractivity (Wildman–Crippen MR) is 78.5 cm³/mol. The molecule has 1 aromatic heterocycles. The fourth-order valence-corrected chi connectivity index (χ4v) is 3.85. The second-order valence-corrected chi connectivity index (χ2v) is 5.99. The topological polar surface area (TPSA) is 47.3 Å². The number of anilines is 1. The minimum absolute atomic E-state index is 0.251. The molecule has 2 atom stereocenters. The van der Waals surface area contributed by atoms with Crippen LogP contribution in [0, 0.1) is 17.2 Å². The van der Waals surface area contributed by atoms with Crippen molar-refractivity contribution in [2.75, 3.05) is 18.1 Å². The first-order valence-corrected chi connectivity index (χ1v) is 7.42. The van der Waals surface area contributed by atoms with Gasteiger partial charge in [0.2, 0.25) is 0 Å². The fourth-order valence-electron chi connectivity index (χ4n) is 2.97. The molecule has 0 saturated carbocycles. The molecule has 4 heteroatoms. The van der Waals surface area contributed by atoms with Crippen molar-refractivity contribution < 1.29 is 5.11 Å². The zero-order valence-corrected chi connectivity index (χ0v) is 11.7. The van der Waals surface area contributed by atoms with Crippen LogP contribution in [0.5, 0.6) is 0 Å². The first-order chi connectivity index (χ1) is 9.26. The number of thiophene rings is 1. The van der Waals surface area contributed by atoms with Crippen LogP contribution >= 0.6 is 11.3 Å². The molecule has 3 rings (SSSR count). The number of hydrogen-bond acceptors (Lipinski definition) is 4. The normalized spacial score (nSPS) is 22.9. The van der Waals surface area contributed by atoms with Gasteiger partial charge in [0.1, 0.15) is 6.07 Å². The molecule has 0 radical (unpaired) electrons. The summed E-state index contributed by atoms with van der Waals surface area (Å²) in [5.41, 5.74) is 1.94. The molecule has 0 bridgehead atoms. The quantitative estimate of drug-likeness (QED) is 0.914. The van der Waals surface area contributed by atoms with Crippen LogP contribution in [-0.4, -0.2) is 24.3 Å². The average Bonchev–Trinajstić information content (AvgIpc) is 3.04. The Balaban J connectivity index is 2.07. The van der Waals surface area contributed by atoms with Gasteiger partial charge in [0, 0.05) is 36.2 Å². The molecule has 1 N–H and O–H groups in total. The molecular weight excluding hydrogens is 256 g/mol. The lowest BCUT2D eigenvalue weighted by atomic mass is 10.0. The molecule has 1 fully saturated rings. The van der Waals surface area contributed by atoms with E-state index >= 15 is 0 Å². The summed E-state index contributed by atoms with van der Waals surface area (Å²) >= 11 is 1.62. The highest BCUT2D eigenvalue weighted by molar-refractivity contribution is 7.17. The van der Waals surface area contributed by atoms with Gasteiger partial charge in [0.15, 0.2) is 0 Å². The highest BCUT2D eigenvalue weighted by atomic mass is 32.1. The van der Waals surface area contributed by atoms with Crippen molar-refractivity contribution in [2.45, 2.75) is 19.4 Å². The van der Waals surface area contributed by atoms with Gasteiger partial charge < -0.3 is 10.0 Å². The van der Waals surface area contributed by atoms with Gasteiger partial charge in [-0.1, -0.05) is 0 Å². The van der Waals surface area contributed by atoms with Crippen molar-refractivity contribution in [3.8, 4) is 6.07 Å². The van der Waals surface area contributed by atoms with E-state index in [-0.39, 0.29) is 6.61 Å². The van der Waals surface area contributed by atoms with Crippen LogP contribution < -0.4 is 4.90 Å². The van der Waals surface area contributed by atoms with E-state index in [4.69, 9.17) is 5.26 Å². The molecule has 2 aromatic rings. The van der Waals surface area contributed by atoms with E-state index in [0.29, 0.717) is 12.0 Å². The minimum Gasteiger partial charge on any atom is -0.396 e. The third kappa shape index (κ3) is 1.90. The predicted octanol–water partition coefficient (Wildman–Crippen LogP) is 2.98. The lowest BCUT2D eigenvalue weighted by Gasteiger charge is -2.27. The van der Waals surface area contributed by atoms with Crippen LogP contribution in [0.3, 0.4) is 0 Å². The molecule has 98 valence electrons. The second kappa shape index (κ2) is 4.84. The molecule has 2 heterocycles. The van der Waals surface area contributed by atoms with Crippen molar-refractivity contribution in [1.29, 1.82) is 5.26 Å². The number of fused-ring (bicyclic) bond motifs is 1. The third-order valence-corrected chi connectivity index (χ3v) is 5.12. The largest absolute Gasteiger partial charge is 0.396 e. The van der Waals surface area contributed by atoms with Gasteiger partial charge in [-0.25, -0.2) is 0 Å². The molecule has 1 aliphatic rings. The van der Waals surface area contributed by atoms with E-state index in [1.54, 1.807) is 11.3 Å². The zero-order valence-electron chi connectivity index (χ0n) is 10.8. The summed E-state index contributed by atoms with van der Waals surface area (Å²) in [4.78, 5) is 2.36. The van der Waals surface area contributed by atoms with Gasteiger partial charge in [-0.15, -0.1) is 11.3 Å². The summed E-state index contributed by atoms with van der Waals surface area (Å²) in [5, 5.41) is 21.7. The Bertz CT molecular complexity index is 643. The van der Waals surface area contributed by atoms with Crippen LogP contribution in [0.15, 0.2) is 23.6 Å². The summed E-state index contributed by atoms with van der Waals surface area (Å²) in [7, 11) is 0. The number of hydrogen-bond donors (Lipinski definition) is 1. The van der Waals surface area contributed by atoms with E-state index in [1.165, 1.54) is 5.69 Å². The molecule has 0 aliphatic carbocycles. The maximum atomic E-state index is 9.39. The van der Waals surface area contributed by atoms with Crippen LogP contribution in [0.2, 0.25) is 0 Å². The average molecular weight is 272 g/mol. The maximum Gasteiger partial charge on any atom is 0.101 e. The van der Waals surface area contributed by atoms with Crippen LogP contribution in [0.25, 0.3) is 10.1 Å². The van der Waals surface area contributed by atoms with Crippen molar-refractivity contribution >= 4 is 27.1 Å². The molecular formula is C15H16N2OS. The summed E-state index contributed by atoms with van der Waals surface area (Å²) in [6.07, 6.45) is 1.03. The number of aliphatic hydroxyl groups excluding tert-OH is 1. The molecule has 0 amide bonds. The molecule has 2 unspecified atom stereocenters. The standard InChI is InChI=1S/C15H16N2OS/c1-10-12(9-18)4-6-17(10)14-3-2-11(8-16)15-13(14)5-7-19-15/h2-3,5,7,10,12,18H,4,6,9H2,1H3. The van der Waals surface area contributed by atoms with Crippen molar-refractivity contribution in [2.24, 2.45) is 5.92 Å². The fraction of sp³-hybridized carbons (Fsp3) is 0.400. The van der Waals surface area contributed by atoms with Crippen molar-refractivity contribution in [3.05, 3.63) is 29.1 Å². The zero-order chi connectivity index (χ0) is 13.4. The van der Waals surface area contributed by atoms with Crippen molar-refractivity contribution in [1.82, 2.24) is 0 Å². The summed E-state index contributed by atoms with van der Waals surface area (Å²) in [6, 6.07) is 8.65. The molecule has 1 saturated heterocycles. The monoisotopic (exact) mass is 272 g/mol. The number of nitrogens with zero attached hydrogens (tertiary/aromatic N) is 2. The van der Waals surface area contributed by atoms with E-state index < -0.39 is 0 Å². The van der Waals surface area contributed by atoms with Gasteiger partial charge in [-0.3, -0.25) is 0 Å². The Labute approximate surface area is 116 Å². The van der Waals surface area contributed by atoms with Crippen LogP contribution in [0.4, 0.5) is 5.69 Å². The Morgan fingerprint density at radius 3 is 3.00 bits per heavy atom. The highest BCUT2D eigenvalue weighted by Crippen LogP contribution is 2.37. The summed E-state index contributed by atoms with van der Waals surface area (Å²) in [6.45, 7) is 3.40. The Morgan fingerprint density at radius 1 is 1.47 bits per heavy atom. The van der Waals surface area contributed by atoms with Gasteiger partial charge in [0.25, 0.3) is 0 Å². The lowest BCUT2D eigenvalue weighted by molar-refractivity contribution is 0.221. The van der Waals surface area contributed by atoms with Gasteiger partial charge in [0.05, 0.1) is 10.3 Å². The van der Waals surface area contributed by atoms with Crippen molar-refractivity contribution in [3.63, 3.8) is 0 Å². The Hall–Kier alpha value is -1.57. The minimum atomic E-state index is 0.251. The molecule has 1 aromatic carbocycles. The summed E-state index contributed by atoms with van der Waals surface area (Å²) in [5.74, 6) is 0.351. The first-order valence-electron chi connectivity index (χ1n) is 6.54. The molecule has 19 heavy (non-hydrogen) atoms. The molecule has 1 aliphatic heterocycles. The van der Waals surface area contributed by atoms with Gasteiger partial charge in [-0.2, -0.15) is 5.26 Å². The third-order valence-electron chi connectivity index (χ3n) is 4.17. The smallest absolute Gasteiger partial charge is 0.101 e. The SMILES string of the molecule is CC1C(CO)CCN1c1ccc(C#N)c2sccc12. The van der Waals surface area contributed by atoms with E-state index in [2.05, 4.69) is 24.0 Å². The van der Waals surface area contributed by atoms with Gasteiger partial charge >= 0.3 is 0 Å². The highest BCUT2D eigenvalue weighted by Gasteiger charge is 2.31. The lowest BCUT2D eigenvalue weighted by Crippen LogP contribution is -2.31. The first kappa shape index (κ1) is 12.5. The number of aliphatic hydroxyl groups is 1. The van der Waals surface area contributed by atoms with E-state index in [1.807, 2.05) is 17.5 Å². The van der Waals surface area contributed by atoms with Gasteiger partial charge in [-0.05, 0) is 36.9 Å². The number of benzene rings is 1. The maximum absolute atomic E-state index is 9.39. The molecule has 0 spiro atoms. The second-order valence-electron chi connectivity index (χ2n) is 5.07. The van der Waals surface area contributed by atoms with E-state index in [9.17, 15) is 5.11 Å². The summed E-state index contributed by atoms with van der Waals surface area (Å²) < 4.78 is 1.07. The Morgan fingerprint density at radius 2 is 2.32 bits per heavy atom.